The van der Waals surface area contributed by atoms with E-state index in [4.69, 9.17) is 11.5 Å². The first kappa shape index (κ1) is 28.4. The van der Waals surface area contributed by atoms with Crippen LogP contribution in [-0.4, -0.2) is 64.0 Å². The molecule has 0 aliphatic rings. The Morgan fingerprint density at radius 2 is 1.44 bits per heavy atom. The van der Waals surface area contributed by atoms with Crippen molar-refractivity contribution in [2.24, 2.45) is 17.4 Å². The van der Waals surface area contributed by atoms with Crippen molar-refractivity contribution in [3.05, 3.63) is 29.8 Å². The van der Waals surface area contributed by atoms with Crippen molar-refractivity contribution in [1.82, 2.24) is 16.0 Å². The molecule has 0 heterocycles. The number of carbonyl (C=O) groups excluding carboxylic acids is 4. The van der Waals surface area contributed by atoms with E-state index < -0.39 is 60.2 Å². The Morgan fingerprint density at radius 3 is 1.94 bits per heavy atom. The summed E-state index contributed by atoms with van der Waals surface area (Å²) in [5.74, 6) is -4.30. The lowest BCUT2D eigenvalue weighted by Gasteiger charge is -2.23. The molecule has 4 atom stereocenters. The summed E-state index contributed by atoms with van der Waals surface area (Å²) >= 11 is 0. The fourth-order valence-corrected chi connectivity index (χ4v) is 3.05. The minimum Gasteiger partial charge on any atom is -0.508 e. The zero-order chi connectivity index (χ0) is 26.0. The lowest BCUT2D eigenvalue weighted by molar-refractivity contribution is -0.142. The SMILES string of the molecule is CC(C)CC(N)C(=O)NC(CC(N)=O)C(=O)NC(C)C(=O)NC(Cc1ccc(O)cc1)C(=O)O. The molecule has 4 unspecified atom stereocenters. The largest absolute Gasteiger partial charge is 0.508 e. The number of hydrogen-bond acceptors (Lipinski definition) is 7. The third kappa shape index (κ3) is 9.86. The second kappa shape index (κ2) is 13.1. The summed E-state index contributed by atoms with van der Waals surface area (Å²) in [5, 5.41) is 25.8. The van der Waals surface area contributed by atoms with E-state index in [2.05, 4.69) is 16.0 Å². The van der Waals surface area contributed by atoms with Gasteiger partial charge in [0.1, 0.15) is 23.9 Å². The molecule has 12 nitrogen and oxygen atoms in total. The molecule has 0 saturated carbocycles. The maximum Gasteiger partial charge on any atom is 0.326 e. The van der Waals surface area contributed by atoms with Gasteiger partial charge in [-0.2, -0.15) is 0 Å². The quantitative estimate of drug-likeness (QED) is 0.181. The standard InChI is InChI=1S/C22H33N5O7/c1-11(2)8-15(23)20(31)26-16(10-18(24)29)21(32)25-12(3)19(30)27-17(22(33)34)9-13-4-6-14(28)7-5-13/h4-7,11-12,15-17,28H,8-10,23H2,1-3H3,(H2,24,29)(H,25,32)(H,26,31)(H,27,30)(H,33,34). The highest BCUT2D eigenvalue weighted by atomic mass is 16.4. The highest BCUT2D eigenvalue weighted by Gasteiger charge is 2.29. The minimum absolute atomic E-state index is 0.0127. The Labute approximate surface area is 197 Å². The smallest absolute Gasteiger partial charge is 0.326 e. The van der Waals surface area contributed by atoms with E-state index in [0.717, 1.165) is 0 Å². The lowest BCUT2D eigenvalue weighted by atomic mass is 10.0. The van der Waals surface area contributed by atoms with E-state index in [9.17, 15) is 34.2 Å². The Kier molecular flexibility index (Phi) is 11.0. The Hall–Kier alpha value is -3.67. The number of rotatable bonds is 13. The molecule has 1 rings (SSSR count). The van der Waals surface area contributed by atoms with E-state index in [1.54, 1.807) is 0 Å². The van der Waals surface area contributed by atoms with Crippen LogP contribution >= 0.6 is 0 Å². The van der Waals surface area contributed by atoms with Crippen molar-refractivity contribution in [2.75, 3.05) is 0 Å². The van der Waals surface area contributed by atoms with Gasteiger partial charge < -0.3 is 37.6 Å². The predicted octanol–water partition coefficient (Wildman–Crippen LogP) is -1.26. The van der Waals surface area contributed by atoms with E-state index in [1.807, 2.05) is 13.8 Å². The van der Waals surface area contributed by atoms with Crippen LogP contribution in [0.5, 0.6) is 5.75 Å². The van der Waals surface area contributed by atoms with Crippen molar-refractivity contribution in [3.8, 4) is 5.75 Å². The molecule has 188 valence electrons. The van der Waals surface area contributed by atoms with Crippen LogP contribution in [0, 0.1) is 5.92 Å². The fraction of sp³-hybridized carbons (Fsp3) is 0.500. The van der Waals surface area contributed by atoms with Crippen LogP contribution in [0.2, 0.25) is 0 Å². The van der Waals surface area contributed by atoms with Crippen LogP contribution in [0.4, 0.5) is 0 Å². The van der Waals surface area contributed by atoms with Gasteiger partial charge in [0.2, 0.25) is 23.6 Å². The molecule has 1 aromatic carbocycles. The number of phenolic OH excluding ortho intramolecular Hbond substituents is 1. The van der Waals surface area contributed by atoms with Crippen LogP contribution < -0.4 is 27.4 Å². The molecule has 12 heteroatoms. The number of carboxylic acids is 1. The zero-order valence-corrected chi connectivity index (χ0v) is 19.4. The van der Waals surface area contributed by atoms with Gasteiger partial charge >= 0.3 is 5.97 Å². The van der Waals surface area contributed by atoms with Crippen LogP contribution in [0.3, 0.4) is 0 Å². The number of phenols is 1. The number of hydrogen-bond donors (Lipinski definition) is 7. The van der Waals surface area contributed by atoms with E-state index >= 15 is 0 Å². The molecule has 0 aliphatic carbocycles. The number of nitrogens with one attached hydrogen (secondary N) is 3. The first-order valence-electron chi connectivity index (χ1n) is 10.8. The maximum atomic E-state index is 12.6. The molecule has 0 spiro atoms. The van der Waals surface area contributed by atoms with Crippen LogP contribution in [0.25, 0.3) is 0 Å². The number of nitrogens with two attached hydrogens (primary N) is 2. The highest BCUT2D eigenvalue weighted by Crippen LogP contribution is 2.11. The minimum atomic E-state index is -1.36. The lowest BCUT2D eigenvalue weighted by Crippen LogP contribution is -2.57. The topological polar surface area (TPSA) is 214 Å². The summed E-state index contributed by atoms with van der Waals surface area (Å²) in [4.78, 5) is 60.4. The van der Waals surface area contributed by atoms with Crippen molar-refractivity contribution < 1.29 is 34.2 Å². The average molecular weight is 480 g/mol. The number of carboxylic acid groups (broad SMARTS) is 1. The van der Waals surface area contributed by atoms with Gasteiger partial charge in [0.15, 0.2) is 0 Å². The molecule has 1 aromatic rings. The summed E-state index contributed by atoms with van der Waals surface area (Å²) in [6.45, 7) is 5.06. The average Bonchev–Trinajstić information content (AvgIpc) is 2.73. The van der Waals surface area contributed by atoms with E-state index in [-0.39, 0.29) is 18.1 Å². The second-order valence-electron chi connectivity index (χ2n) is 8.47. The van der Waals surface area contributed by atoms with Crippen molar-refractivity contribution in [3.63, 3.8) is 0 Å². The summed E-state index contributed by atoms with van der Waals surface area (Å²) in [7, 11) is 0. The Balaban J connectivity index is 2.80. The fourth-order valence-electron chi connectivity index (χ4n) is 3.05. The molecular weight excluding hydrogens is 446 g/mol. The number of aliphatic carboxylic acids is 1. The number of primary amides is 1. The molecule has 0 aromatic heterocycles. The Bertz CT molecular complexity index is 888. The van der Waals surface area contributed by atoms with Gasteiger partial charge in [-0.25, -0.2) is 4.79 Å². The number of aromatic hydroxyl groups is 1. The second-order valence-corrected chi connectivity index (χ2v) is 8.47. The number of carbonyl (C=O) groups is 5. The van der Waals surface area contributed by atoms with Gasteiger partial charge in [0.25, 0.3) is 0 Å². The predicted molar refractivity (Wildman–Crippen MR) is 122 cm³/mol. The maximum absolute atomic E-state index is 12.6. The van der Waals surface area contributed by atoms with Crippen molar-refractivity contribution in [1.29, 1.82) is 0 Å². The molecule has 0 saturated heterocycles. The Morgan fingerprint density at radius 1 is 0.882 bits per heavy atom. The van der Waals surface area contributed by atoms with Crippen LogP contribution in [-0.2, 0) is 30.4 Å². The zero-order valence-electron chi connectivity index (χ0n) is 19.4. The summed E-state index contributed by atoms with van der Waals surface area (Å²) in [6.07, 6.45) is -0.220. The molecule has 0 radical (unpaired) electrons. The monoisotopic (exact) mass is 479 g/mol. The first-order chi connectivity index (χ1) is 15.8. The normalized spacial score (nSPS) is 14.4. The van der Waals surface area contributed by atoms with Crippen LogP contribution in [0.15, 0.2) is 24.3 Å². The van der Waals surface area contributed by atoms with Gasteiger partial charge in [-0.3, -0.25) is 19.2 Å². The van der Waals surface area contributed by atoms with Crippen LogP contribution in [0.1, 0.15) is 39.2 Å². The highest BCUT2D eigenvalue weighted by molar-refractivity contribution is 5.96. The van der Waals surface area contributed by atoms with E-state index in [0.29, 0.717) is 12.0 Å². The van der Waals surface area contributed by atoms with Crippen molar-refractivity contribution in [2.45, 2.75) is 64.2 Å². The number of benzene rings is 1. The molecule has 0 aliphatic heterocycles. The van der Waals surface area contributed by atoms with Gasteiger partial charge in [0, 0.05) is 6.42 Å². The molecule has 34 heavy (non-hydrogen) atoms. The third-order valence-corrected chi connectivity index (χ3v) is 4.84. The molecule has 0 fully saturated rings. The third-order valence-electron chi connectivity index (χ3n) is 4.84. The molecular formula is C22H33N5O7. The van der Waals surface area contributed by atoms with Gasteiger partial charge in [-0.05, 0) is 37.0 Å². The molecule has 9 N–H and O–H groups in total. The van der Waals surface area contributed by atoms with Gasteiger partial charge in [-0.15, -0.1) is 0 Å². The molecule has 4 amide bonds. The summed E-state index contributed by atoms with van der Waals surface area (Å²) in [5.41, 5.74) is 11.5. The van der Waals surface area contributed by atoms with Gasteiger partial charge in [0.05, 0.1) is 12.5 Å². The first-order valence-corrected chi connectivity index (χ1v) is 10.8. The molecule has 0 bridgehead atoms. The van der Waals surface area contributed by atoms with Crippen molar-refractivity contribution >= 4 is 29.6 Å². The summed E-state index contributed by atoms with van der Waals surface area (Å²) < 4.78 is 0. The number of amides is 4. The van der Waals surface area contributed by atoms with Gasteiger partial charge in [-0.1, -0.05) is 26.0 Å². The summed E-state index contributed by atoms with van der Waals surface area (Å²) in [6, 6.07) is 1.06. The van der Waals surface area contributed by atoms with E-state index in [1.165, 1.54) is 31.2 Å².